The van der Waals surface area contributed by atoms with Crippen molar-refractivity contribution in [2.24, 2.45) is 0 Å². The number of nitrogens with zero attached hydrogens (tertiary/aromatic N) is 5. The highest BCUT2D eigenvalue weighted by Crippen LogP contribution is 2.32. The molecule has 4 atom stereocenters. The van der Waals surface area contributed by atoms with E-state index in [1.54, 1.807) is 6.20 Å². The van der Waals surface area contributed by atoms with Crippen LogP contribution < -0.4 is 5.32 Å². The zero-order chi connectivity index (χ0) is 18.1. The second-order valence-electron chi connectivity index (χ2n) is 5.95. The summed E-state index contributed by atoms with van der Waals surface area (Å²) in [6.07, 6.45) is 0.397. The molecule has 4 N–H and O–H groups in total. The monoisotopic (exact) mass is 358 g/mol. The molecule has 1 unspecified atom stereocenters. The Kier molecular flexibility index (Phi) is 4.47. The van der Waals surface area contributed by atoms with Gasteiger partial charge in [0.1, 0.15) is 24.6 Å². The number of pyridine rings is 1. The zero-order valence-corrected chi connectivity index (χ0v) is 13.7. The third-order valence-electron chi connectivity index (χ3n) is 4.31. The van der Waals surface area contributed by atoms with E-state index in [1.165, 1.54) is 17.2 Å². The second-order valence-corrected chi connectivity index (χ2v) is 5.95. The van der Waals surface area contributed by atoms with Crippen molar-refractivity contribution >= 4 is 17.0 Å². The van der Waals surface area contributed by atoms with Gasteiger partial charge in [-0.3, -0.25) is 9.55 Å². The maximum Gasteiger partial charge on any atom is 0.167 e. The van der Waals surface area contributed by atoms with Gasteiger partial charge in [0, 0.05) is 6.20 Å². The van der Waals surface area contributed by atoms with E-state index in [2.05, 4.69) is 25.3 Å². The lowest BCUT2D eigenvalue weighted by molar-refractivity contribution is -0.0511. The molecule has 4 heterocycles. The number of anilines is 1. The topological polar surface area (TPSA) is 138 Å². The summed E-state index contributed by atoms with van der Waals surface area (Å²) in [6, 6.07) is 5.63. The number of aliphatic hydroxyl groups excluding tert-OH is 3. The maximum atomic E-state index is 10.2. The lowest BCUT2D eigenvalue weighted by atomic mass is 10.1. The standard InChI is InChI=1S/C16H18N6O4/c23-6-10-12(24)13(25)16(26-10)22-8-21-11-14(19-7-20-15(11)22)18-5-9-3-1-2-4-17-9/h1-4,7-8,10,12-13,16,23-25H,5-6H2,(H,18,19,20)/t10-,12-,13-,16?/m1/s1. The molecule has 0 amide bonds. The minimum absolute atomic E-state index is 0.396. The first kappa shape index (κ1) is 16.8. The van der Waals surface area contributed by atoms with Crippen LogP contribution in [-0.2, 0) is 11.3 Å². The molecule has 0 radical (unpaired) electrons. The fourth-order valence-electron chi connectivity index (χ4n) is 2.95. The Morgan fingerprint density at radius 2 is 2.00 bits per heavy atom. The Bertz CT molecular complexity index is 889. The number of hydrogen-bond acceptors (Lipinski definition) is 9. The first-order valence-electron chi connectivity index (χ1n) is 8.13. The van der Waals surface area contributed by atoms with E-state index in [0.717, 1.165) is 5.69 Å². The summed E-state index contributed by atoms with van der Waals surface area (Å²) >= 11 is 0. The van der Waals surface area contributed by atoms with Gasteiger partial charge in [0.2, 0.25) is 0 Å². The summed E-state index contributed by atoms with van der Waals surface area (Å²) in [5.41, 5.74) is 1.79. The molecular formula is C16H18N6O4. The van der Waals surface area contributed by atoms with Crippen LogP contribution in [0.1, 0.15) is 11.9 Å². The average Bonchev–Trinajstić information content (AvgIpc) is 3.23. The number of imidazole rings is 1. The molecule has 0 saturated carbocycles. The fourth-order valence-corrected chi connectivity index (χ4v) is 2.95. The first-order chi connectivity index (χ1) is 12.7. The van der Waals surface area contributed by atoms with Crippen molar-refractivity contribution in [2.75, 3.05) is 11.9 Å². The Morgan fingerprint density at radius 1 is 1.12 bits per heavy atom. The van der Waals surface area contributed by atoms with Crippen molar-refractivity contribution in [3.8, 4) is 0 Å². The predicted octanol–water partition coefficient (Wildman–Crippen LogP) is -0.555. The normalized spacial score (nSPS) is 25.7. The quantitative estimate of drug-likeness (QED) is 0.473. The molecule has 10 nitrogen and oxygen atoms in total. The maximum absolute atomic E-state index is 10.2. The van der Waals surface area contributed by atoms with Crippen LogP contribution in [0.25, 0.3) is 11.2 Å². The number of hydrogen-bond donors (Lipinski definition) is 4. The molecule has 4 rings (SSSR count). The third kappa shape index (κ3) is 2.88. The predicted molar refractivity (Wildman–Crippen MR) is 89.9 cm³/mol. The second kappa shape index (κ2) is 6.92. The van der Waals surface area contributed by atoms with Crippen molar-refractivity contribution < 1.29 is 20.1 Å². The van der Waals surface area contributed by atoms with Gasteiger partial charge in [0.05, 0.1) is 25.2 Å². The number of fused-ring (bicyclic) bond motifs is 1. The van der Waals surface area contributed by atoms with E-state index in [1.807, 2.05) is 18.2 Å². The molecule has 0 bridgehead atoms. The summed E-state index contributed by atoms with van der Waals surface area (Å²) in [6.45, 7) is 0.0703. The number of nitrogens with one attached hydrogen (secondary N) is 1. The SMILES string of the molecule is OC[C@H]1OC(n2cnc3c(NCc4ccccn4)ncnc32)[C@H](O)[C@@H]1O. The highest BCUT2D eigenvalue weighted by atomic mass is 16.6. The Balaban J connectivity index is 1.61. The van der Waals surface area contributed by atoms with Crippen molar-refractivity contribution in [1.29, 1.82) is 0 Å². The third-order valence-corrected chi connectivity index (χ3v) is 4.31. The fraction of sp³-hybridized carbons (Fsp3) is 0.375. The molecule has 10 heteroatoms. The van der Waals surface area contributed by atoms with Gasteiger partial charge < -0.3 is 25.4 Å². The summed E-state index contributed by atoms with van der Waals surface area (Å²) < 4.78 is 7.06. The highest BCUT2D eigenvalue weighted by molar-refractivity contribution is 5.82. The van der Waals surface area contributed by atoms with Crippen LogP contribution >= 0.6 is 0 Å². The molecular weight excluding hydrogens is 340 g/mol. The van der Waals surface area contributed by atoms with Crippen LogP contribution in [0.2, 0.25) is 0 Å². The molecule has 1 saturated heterocycles. The van der Waals surface area contributed by atoms with Gasteiger partial charge in [-0.2, -0.15) is 0 Å². The van der Waals surface area contributed by atoms with Gasteiger partial charge in [-0.1, -0.05) is 6.07 Å². The molecule has 26 heavy (non-hydrogen) atoms. The Labute approximate surface area is 148 Å². The van der Waals surface area contributed by atoms with Crippen molar-refractivity contribution in [2.45, 2.75) is 31.1 Å². The van der Waals surface area contributed by atoms with Gasteiger partial charge >= 0.3 is 0 Å². The molecule has 3 aromatic rings. The van der Waals surface area contributed by atoms with Gasteiger partial charge in [0.25, 0.3) is 0 Å². The van der Waals surface area contributed by atoms with Gasteiger partial charge in [0.15, 0.2) is 23.2 Å². The summed E-state index contributed by atoms with van der Waals surface area (Å²) in [4.78, 5) is 17.0. The molecule has 0 aliphatic carbocycles. The van der Waals surface area contributed by atoms with E-state index < -0.39 is 31.1 Å². The van der Waals surface area contributed by atoms with Gasteiger partial charge in [-0.05, 0) is 12.1 Å². The molecule has 1 aliphatic heterocycles. The number of rotatable bonds is 5. The molecule has 136 valence electrons. The zero-order valence-electron chi connectivity index (χ0n) is 13.7. The van der Waals surface area contributed by atoms with Crippen LogP contribution in [-0.4, -0.2) is 64.7 Å². The Hall–Kier alpha value is -2.66. The lowest BCUT2D eigenvalue weighted by Gasteiger charge is -2.16. The van der Waals surface area contributed by atoms with E-state index in [9.17, 15) is 15.3 Å². The van der Waals surface area contributed by atoms with Crippen molar-refractivity contribution in [1.82, 2.24) is 24.5 Å². The lowest BCUT2D eigenvalue weighted by Crippen LogP contribution is -2.33. The van der Waals surface area contributed by atoms with Gasteiger partial charge in [-0.25, -0.2) is 15.0 Å². The minimum atomic E-state index is -1.20. The highest BCUT2D eigenvalue weighted by Gasteiger charge is 2.44. The molecule has 1 fully saturated rings. The summed E-state index contributed by atoms with van der Waals surface area (Å²) in [5, 5.41) is 32.6. The van der Waals surface area contributed by atoms with Crippen LogP contribution in [0, 0.1) is 0 Å². The molecule has 3 aromatic heterocycles. The van der Waals surface area contributed by atoms with Crippen LogP contribution in [0.15, 0.2) is 37.1 Å². The summed E-state index contributed by atoms with van der Waals surface area (Å²) in [7, 11) is 0. The van der Waals surface area contributed by atoms with E-state index in [0.29, 0.717) is 23.5 Å². The van der Waals surface area contributed by atoms with Crippen LogP contribution in [0.5, 0.6) is 0 Å². The number of ether oxygens (including phenoxy) is 1. The smallest absolute Gasteiger partial charge is 0.167 e. The van der Waals surface area contributed by atoms with E-state index in [4.69, 9.17) is 4.74 Å². The molecule has 0 spiro atoms. The number of aromatic nitrogens is 5. The molecule has 1 aliphatic rings. The van der Waals surface area contributed by atoms with Crippen LogP contribution in [0.3, 0.4) is 0 Å². The number of aliphatic hydroxyl groups is 3. The van der Waals surface area contributed by atoms with Crippen molar-refractivity contribution in [3.63, 3.8) is 0 Å². The minimum Gasteiger partial charge on any atom is -0.394 e. The average molecular weight is 358 g/mol. The largest absolute Gasteiger partial charge is 0.394 e. The first-order valence-corrected chi connectivity index (χ1v) is 8.13. The van der Waals surface area contributed by atoms with Crippen molar-refractivity contribution in [3.05, 3.63) is 42.7 Å². The van der Waals surface area contributed by atoms with Crippen LogP contribution in [0.4, 0.5) is 5.82 Å². The van der Waals surface area contributed by atoms with Gasteiger partial charge in [-0.15, -0.1) is 0 Å². The Morgan fingerprint density at radius 3 is 2.73 bits per heavy atom. The van der Waals surface area contributed by atoms with E-state index >= 15 is 0 Å². The summed E-state index contributed by atoms with van der Waals surface area (Å²) in [5.74, 6) is 0.520. The van der Waals surface area contributed by atoms with E-state index in [-0.39, 0.29) is 0 Å². The molecule has 0 aromatic carbocycles.